The Labute approximate surface area is 154 Å². The summed E-state index contributed by atoms with van der Waals surface area (Å²) >= 11 is 0. The fraction of sp³-hybridized carbons (Fsp3) is 0.400. The second kappa shape index (κ2) is 7.02. The summed E-state index contributed by atoms with van der Waals surface area (Å²) in [6, 6.07) is 15.3. The van der Waals surface area contributed by atoms with E-state index in [1.165, 1.54) is 0 Å². The van der Waals surface area contributed by atoms with Gasteiger partial charge in [-0.2, -0.15) is 4.31 Å². The van der Waals surface area contributed by atoms with Gasteiger partial charge in [-0.05, 0) is 54.6 Å². The van der Waals surface area contributed by atoms with Crippen molar-refractivity contribution >= 4 is 10.0 Å². The number of rotatable bonds is 4. The van der Waals surface area contributed by atoms with Gasteiger partial charge in [-0.1, -0.05) is 30.3 Å². The SMILES string of the molecule is NC[C@@H]1CN(S(=O)(=O)c2ccc3c(c2)CCCO3)C[C@H]1c1ccccc1. The molecule has 0 aromatic heterocycles. The van der Waals surface area contributed by atoms with Crippen LogP contribution in [0.4, 0.5) is 0 Å². The first-order valence-electron chi connectivity index (χ1n) is 9.10. The van der Waals surface area contributed by atoms with E-state index in [2.05, 4.69) is 12.1 Å². The van der Waals surface area contributed by atoms with Gasteiger partial charge in [0.2, 0.25) is 10.0 Å². The molecule has 2 aromatic carbocycles. The summed E-state index contributed by atoms with van der Waals surface area (Å²) in [6.07, 6.45) is 1.78. The zero-order valence-electron chi connectivity index (χ0n) is 14.7. The second-order valence-electron chi connectivity index (χ2n) is 7.06. The second-order valence-corrected chi connectivity index (χ2v) is 8.99. The third-order valence-corrected chi connectivity index (χ3v) is 7.28. The van der Waals surface area contributed by atoms with Crippen LogP contribution in [-0.4, -0.2) is 39.0 Å². The molecular formula is C20H24N2O3S. The highest BCUT2D eigenvalue weighted by atomic mass is 32.2. The Hall–Kier alpha value is -1.89. The van der Waals surface area contributed by atoms with Crippen LogP contribution < -0.4 is 10.5 Å². The van der Waals surface area contributed by atoms with Gasteiger partial charge in [-0.15, -0.1) is 0 Å². The zero-order chi connectivity index (χ0) is 18.1. The van der Waals surface area contributed by atoms with Crippen molar-refractivity contribution in [3.63, 3.8) is 0 Å². The molecule has 0 spiro atoms. The van der Waals surface area contributed by atoms with E-state index < -0.39 is 10.0 Å². The molecule has 2 aliphatic heterocycles. The van der Waals surface area contributed by atoms with Crippen molar-refractivity contribution in [1.29, 1.82) is 0 Å². The Morgan fingerprint density at radius 3 is 2.69 bits per heavy atom. The quantitative estimate of drug-likeness (QED) is 0.894. The summed E-state index contributed by atoms with van der Waals surface area (Å²) in [4.78, 5) is 0.353. The van der Waals surface area contributed by atoms with Crippen LogP contribution in [0.5, 0.6) is 5.75 Å². The number of nitrogens with two attached hydrogens (primary N) is 1. The van der Waals surface area contributed by atoms with Gasteiger partial charge in [0.15, 0.2) is 0 Å². The number of aryl methyl sites for hydroxylation is 1. The normalized spacial score (nSPS) is 23.4. The van der Waals surface area contributed by atoms with E-state index >= 15 is 0 Å². The Balaban J connectivity index is 1.62. The molecule has 138 valence electrons. The van der Waals surface area contributed by atoms with Gasteiger partial charge in [0.1, 0.15) is 5.75 Å². The Morgan fingerprint density at radius 1 is 1.12 bits per heavy atom. The van der Waals surface area contributed by atoms with Crippen LogP contribution in [0.2, 0.25) is 0 Å². The minimum absolute atomic E-state index is 0.133. The van der Waals surface area contributed by atoms with Crippen LogP contribution >= 0.6 is 0 Å². The van der Waals surface area contributed by atoms with Crippen molar-refractivity contribution in [3.8, 4) is 5.75 Å². The van der Waals surface area contributed by atoms with Crippen molar-refractivity contribution in [2.75, 3.05) is 26.2 Å². The Kier molecular flexibility index (Phi) is 4.73. The molecule has 1 saturated heterocycles. The number of ether oxygens (including phenoxy) is 1. The molecule has 2 N–H and O–H groups in total. The van der Waals surface area contributed by atoms with Crippen LogP contribution in [-0.2, 0) is 16.4 Å². The smallest absolute Gasteiger partial charge is 0.243 e. The maximum absolute atomic E-state index is 13.2. The molecule has 1 fully saturated rings. The summed E-state index contributed by atoms with van der Waals surface area (Å²) in [6.45, 7) is 2.11. The summed E-state index contributed by atoms with van der Waals surface area (Å²) in [7, 11) is -3.53. The molecular weight excluding hydrogens is 348 g/mol. The van der Waals surface area contributed by atoms with Crippen LogP contribution in [0, 0.1) is 5.92 Å². The fourth-order valence-corrected chi connectivity index (χ4v) is 5.56. The summed E-state index contributed by atoms with van der Waals surface area (Å²) in [5, 5.41) is 0. The average molecular weight is 372 g/mol. The predicted molar refractivity (Wildman–Crippen MR) is 101 cm³/mol. The standard InChI is InChI=1S/C20H24N2O3S/c21-12-17-13-22(14-19(17)15-5-2-1-3-6-15)26(23,24)18-8-9-20-16(11-18)7-4-10-25-20/h1-3,5-6,8-9,11,17,19H,4,7,10,12-14,21H2/t17-,19+/m1/s1. The number of benzene rings is 2. The molecule has 6 heteroatoms. The van der Waals surface area contributed by atoms with E-state index in [4.69, 9.17) is 10.5 Å². The molecule has 0 saturated carbocycles. The number of nitrogens with zero attached hydrogens (tertiary/aromatic N) is 1. The maximum atomic E-state index is 13.2. The summed E-state index contributed by atoms with van der Waals surface area (Å²) in [5.41, 5.74) is 8.09. The fourth-order valence-electron chi connectivity index (χ4n) is 3.99. The van der Waals surface area contributed by atoms with Crippen molar-refractivity contribution in [1.82, 2.24) is 4.31 Å². The third-order valence-electron chi connectivity index (χ3n) is 5.46. The molecule has 5 nitrogen and oxygen atoms in total. The average Bonchev–Trinajstić information content (AvgIpc) is 3.13. The van der Waals surface area contributed by atoms with Crippen molar-refractivity contribution in [3.05, 3.63) is 59.7 Å². The van der Waals surface area contributed by atoms with Gasteiger partial charge < -0.3 is 10.5 Å². The summed E-state index contributed by atoms with van der Waals surface area (Å²) < 4.78 is 33.6. The van der Waals surface area contributed by atoms with Gasteiger partial charge in [0.25, 0.3) is 0 Å². The maximum Gasteiger partial charge on any atom is 0.243 e. The molecule has 4 rings (SSSR count). The van der Waals surface area contributed by atoms with E-state index in [1.807, 2.05) is 18.2 Å². The first kappa shape index (κ1) is 17.5. The summed E-state index contributed by atoms with van der Waals surface area (Å²) in [5.74, 6) is 1.07. The molecule has 2 aromatic rings. The molecule has 0 unspecified atom stereocenters. The third kappa shape index (κ3) is 3.13. The first-order chi connectivity index (χ1) is 12.6. The zero-order valence-corrected chi connectivity index (χ0v) is 15.5. The number of hydrogen-bond acceptors (Lipinski definition) is 4. The monoisotopic (exact) mass is 372 g/mol. The predicted octanol–water partition coefficient (Wildman–Crippen LogP) is 2.37. The van der Waals surface area contributed by atoms with Crippen molar-refractivity contribution in [2.24, 2.45) is 11.7 Å². The molecule has 0 amide bonds. The minimum Gasteiger partial charge on any atom is -0.493 e. The van der Waals surface area contributed by atoms with Gasteiger partial charge in [-0.25, -0.2) is 8.42 Å². The lowest BCUT2D eigenvalue weighted by molar-refractivity contribution is 0.288. The molecule has 2 atom stereocenters. The van der Waals surface area contributed by atoms with Crippen molar-refractivity contribution < 1.29 is 13.2 Å². The van der Waals surface area contributed by atoms with Gasteiger partial charge >= 0.3 is 0 Å². The molecule has 2 aliphatic rings. The van der Waals surface area contributed by atoms with Gasteiger partial charge in [0.05, 0.1) is 11.5 Å². The number of fused-ring (bicyclic) bond motifs is 1. The Morgan fingerprint density at radius 2 is 1.92 bits per heavy atom. The first-order valence-corrected chi connectivity index (χ1v) is 10.5. The molecule has 2 heterocycles. The van der Waals surface area contributed by atoms with E-state index in [-0.39, 0.29) is 11.8 Å². The van der Waals surface area contributed by atoms with Crippen LogP contribution in [0.3, 0.4) is 0 Å². The lowest BCUT2D eigenvalue weighted by atomic mass is 9.89. The lowest BCUT2D eigenvalue weighted by Gasteiger charge is -2.20. The molecule has 0 radical (unpaired) electrons. The minimum atomic E-state index is -3.53. The molecule has 0 aliphatic carbocycles. The van der Waals surface area contributed by atoms with Crippen molar-refractivity contribution in [2.45, 2.75) is 23.7 Å². The van der Waals surface area contributed by atoms with Crippen LogP contribution in [0.15, 0.2) is 53.4 Å². The van der Waals surface area contributed by atoms with Crippen LogP contribution in [0.25, 0.3) is 0 Å². The lowest BCUT2D eigenvalue weighted by Crippen LogP contribution is -2.30. The van der Waals surface area contributed by atoms with E-state index in [0.717, 1.165) is 29.7 Å². The van der Waals surface area contributed by atoms with E-state index in [1.54, 1.807) is 22.5 Å². The number of sulfonamides is 1. The highest BCUT2D eigenvalue weighted by Crippen LogP contribution is 2.36. The van der Waals surface area contributed by atoms with Crippen LogP contribution in [0.1, 0.15) is 23.5 Å². The van der Waals surface area contributed by atoms with E-state index in [9.17, 15) is 8.42 Å². The van der Waals surface area contributed by atoms with E-state index in [0.29, 0.717) is 31.1 Å². The van der Waals surface area contributed by atoms with Gasteiger partial charge in [0, 0.05) is 19.0 Å². The highest BCUT2D eigenvalue weighted by Gasteiger charge is 2.39. The highest BCUT2D eigenvalue weighted by molar-refractivity contribution is 7.89. The Bertz CT molecular complexity index is 883. The molecule has 0 bridgehead atoms. The topological polar surface area (TPSA) is 72.6 Å². The van der Waals surface area contributed by atoms with Gasteiger partial charge in [-0.3, -0.25) is 0 Å². The number of hydrogen-bond donors (Lipinski definition) is 1. The molecule has 26 heavy (non-hydrogen) atoms. The largest absolute Gasteiger partial charge is 0.493 e.